The fourth-order valence-electron chi connectivity index (χ4n) is 2.40. The Balaban J connectivity index is 2.29. The van der Waals surface area contributed by atoms with Crippen molar-refractivity contribution in [1.82, 2.24) is 4.98 Å². The Bertz CT molecular complexity index is 477. The number of hydrogen-bond acceptors (Lipinski definition) is 4. The first-order valence-electron chi connectivity index (χ1n) is 6.67. The van der Waals surface area contributed by atoms with Gasteiger partial charge in [0.05, 0.1) is 0 Å². The molecule has 1 heterocycles. The predicted molar refractivity (Wildman–Crippen MR) is 79.3 cm³/mol. The van der Waals surface area contributed by atoms with E-state index in [0.717, 1.165) is 42.7 Å². The number of aryl methyl sites for hydroxylation is 2. The van der Waals surface area contributed by atoms with Gasteiger partial charge in [-0.2, -0.15) is 11.8 Å². The van der Waals surface area contributed by atoms with E-state index in [1.54, 1.807) is 17.8 Å². The number of anilines is 1. The average Bonchev–Trinajstić information content (AvgIpc) is 2.84. The average molecular weight is 280 g/mol. The molecule has 0 saturated carbocycles. The zero-order valence-electron chi connectivity index (χ0n) is 11.4. The van der Waals surface area contributed by atoms with Crippen LogP contribution in [0.25, 0.3) is 0 Å². The van der Waals surface area contributed by atoms with Gasteiger partial charge in [0.15, 0.2) is 0 Å². The summed E-state index contributed by atoms with van der Waals surface area (Å²) in [4.78, 5) is 15.9. The van der Waals surface area contributed by atoms with E-state index < -0.39 is 5.97 Å². The van der Waals surface area contributed by atoms with Gasteiger partial charge in [0.25, 0.3) is 0 Å². The molecule has 104 valence electrons. The molecule has 1 atom stereocenters. The normalized spacial score (nSPS) is 15.1. The molecule has 1 aliphatic carbocycles. The molecule has 2 N–H and O–H groups in total. The second-order valence-electron chi connectivity index (χ2n) is 4.85. The van der Waals surface area contributed by atoms with Crippen LogP contribution in [0.5, 0.6) is 0 Å². The summed E-state index contributed by atoms with van der Waals surface area (Å²) >= 11 is 1.76. The van der Waals surface area contributed by atoms with Gasteiger partial charge in [0.1, 0.15) is 11.4 Å². The van der Waals surface area contributed by atoms with E-state index in [9.17, 15) is 9.90 Å². The Labute approximate surface area is 118 Å². The molecule has 0 saturated heterocycles. The lowest BCUT2D eigenvalue weighted by molar-refractivity contribution is 0.0697. The lowest BCUT2D eigenvalue weighted by atomic mass is 10.1. The Morgan fingerprint density at radius 3 is 3.00 bits per heavy atom. The number of carbonyl (C=O) groups is 1. The summed E-state index contributed by atoms with van der Waals surface area (Å²) in [6.45, 7) is 2.10. The van der Waals surface area contributed by atoms with E-state index in [4.69, 9.17) is 0 Å². The number of carboxylic acids is 1. The minimum absolute atomic E-state index is 0.264. The first-order valence-corrected chi connectivity index (χ1v) is 8.06. The lowest BCUT2D eigenvalue weighted by Crippen LogP contribution is -2.24. The van der Waals surface area contributed by atoms with Gasteiger partial charge in [0.2, 0.25) is 0 Å². The van der Waals surface area contributed by atoms with Gasteiger partial charge in [-0.25, -0.2) is 9.78 Å². The van der Waals surface area contributed by atoms with Crippen molar-refractivity contribution < 1.29 is 9.90 Å². The number of carboxylic acid groups (broad SMARTS) is 1. The molecule has 4 nitrogen and oxygen atoms in total. The van der Waals surface area contributed by atoms with Crippen LogP contribution in [0, 0.1) is 0 Å². The largest absolute Gasteiger partial charge is 0.478 e. The topological polar surface area (TPSA) is 62.2 Å². The summed E-state index contributed by atoms with van der Waals surface area (Å²) in [6.07, 6.45) is 6.00. The van der Waals surface area contributed by atoms with E-state index in [0.29, 0.717) is 11.4 Å². The standard InChI is InChI=1S/C14H20N2O2S/c1-3-10(8-19-2)15-13-11(14(17)18)7-9-5-4-6-12(9)16-13/h7,10H,3-6,8H2,1-2H3,(H,15,16)(H,17,18). The number of aromatic carboxylic acids is 1. The van der Waals surface area contributed by atoms with Crippen molar-refractivity contribution in [3.05, 3.63) is 22.9 Å². The fraction of sp³-hybridized carbons (Fsp3) is 0.571. The van der Waals surface area contributed by atoms with Crippen molar-refractivity contribution in [3.8, 4) is 0 Å². The van der Waals surface area contributed by atoms with Gasteiger partial charge in [-0.15, -0.1) is 0 Å². The monoisotopic (exact) mass is 280 g/mol. The quantitative estimate of drug-likeness (QED) is 0.839. The number of rotatable bonds is 6. The minimum Gasteiger partial charge on any atom is -0.478 e. The zero-order chi connectivity index (χ0) is 13.8. The number of fused-ring (bicyclic) bond motifs is 1. The van der Waals surface area contributed by atoms with Crippen molar-refractivity contribution in [1.29, 1.82) is 0 Å². The van der Waals surface area contributed by atoms with E-state index in [1.807, 2.05) is 0 Å². The summed E-state index contributed by atoms with van der Waals surface area (Å²) in [7, 11) is 0. The number of hydrogen-bond donors (Lipinski definition) is 2. The minimum atomic E-state index is -0.899. The van der Waals surface area contributed by atoms with Gasteiger partial charge in [-0.1, -0.05) is 6.92 Å². The van der Waals surface area contributed by atoms with Gasteiger partial charge in [-0.3, -0.25) is 0 Å². The van der Waals surface area contributed by atoms with Crippen LogP contribution in [0.3, 0.4) is 0 Å². The van der Waals surface area contributed by atoms with Gasteiger partial charge >= 0.3 is 5.97 Å². The molecule has 0 spiro atoms. The first kappa shape index (κ1) is 14.2. The molecular formula is C14H20N2O2S. The first-order chi connectivity index (χ1) is 9.15. The van der Waals surface area contributed by atoms with Gasteiger partial charge in [0, 0.05) is 17.5 Å². The summed E-state index contributed by atoms with van der Waals surface area (Å²) in [6, 6.07) is 2.06. The smallest absolute Gasteiger partial charge is 0.339 e. The predicted octanol–water partition coefficient (Wildman–Crippen LogP) is 2.82. The number of nitrogens with one attached hydrogen (secondary N) is 1. The van der Waals surface area contributed by atoms with Crippen molar-refractivity contribution >= 4 is 23.5 Å². The molecular weight excluding hydrogens is 260 g/mol. The molecule has 0 aromatic carbocycles. The van der Waals surface area contributed by atoms with E-state index in [1.165, 1.54) is 0 Å². The number of thioether (sulfide) groups is 1. The van der Waals surface area contributed by atoms with Crippen LogP contribution in [-0.2, 0) is 12.8 Å². The molecule has 1 aromatic rings. The summed E-state index contributed by atoms with van der Waals surface area (Å²) in [5, 5.41) is 12.6. The van der Waals surface area contributed by atoms with Crippen molar-refractivity contribution in [2.24, 2.45) is 0 Å². The van der Waals surface area contributed by atoms with Gasteiger partial charge < -0.3 is 10.4 Å². The summed E-state index contributed by atoms with van der Waals surface area (Å²) < 4.78 is 0. The van der Waals surface area contributed by atoms with E-state index in [2.05, 4.69) is 23.5 Å². The van der Waals surface area contributed by atoms with Crippen LogP contribution >= 0.6 is 11.8 Å². The van der Waals surface area contributed by atoms with Crippen LogP contribution < -0.4 is 5.32 Å². The zero-order valence-corrected chi connectivity index (χ0v) is 12.2. The highest BCUT2D eigenvalue weighted by molar-refractivity contribution is 7.98. The van der Waals surface area contributed by atoms with Crippen molar-refractivity contribution in [3.63, 3.8) is 0 Å². The van der Waals surface area contributed by atoms with E-state index >= 15 is 0 Å². The van der Waals surface area contributed by atoms with Crippen LogP contribution in [0.4, 0.5) is 5.82 Å². The van der Waals surface area contributed by atoms with Crippen LogP contribution in [0.15, 0.2) is 6.07 Å². The van der Waals surface area contributed by atoms with Crippen molar-refractivity contribution in [2.75, 3.05) is 17.3 Å². The maximum Gasteiger partial charge on any atom is 0.339 e. The summed E-state index contributed by atoms with van der Waals surface area (Å²) in [5.74, 6) is 0.590. The molecule has 1 aromatic heterocycles. The molecule has 0 amide bonds. The molecule has 0 fully saturated rings. The summed E-state index contributed by atoms with van der Waals surface area (Å²) in [5.41, 5.74) is 2.47. The molecule has 2 rings (SSSR count). The van der Waals surface area contributed by atoms with Crippen molar-refractivity contribution in [2.45, 2.75) is 38.6 Å². The van der Waals surface area contributed by atoms with Crippen LogP contribution in [0.2, 0.25) is 0 Å². The Morgan fingerprint density at radius 2 is 2.37 bits per heavy atom. The van der Waals surface area contributed by atoms with Crippen LogP contribution in [-0.4, -0.2) is 34.1 Å². The highest BCUT2D eigenvalue weighted by atomic mass is 32.2. The highest BCUT2D eigenvalue weighted by Crippen LogP contribution is 2.26. The number of nitrogens with zero attached hydrogens (tertiary/aromatic N) is 1. The lowest BCUT2D eigenvalue weighted by Gasteiger charge is -2.18. The third-order valence-corrected chi connectivity index (χ3v) is 4.22. The fourth-order valence-corrected chi connectivity index (χ4v) is 3.12. The maximum atomic E-state index is 11.4. The molecule has 1 unspecified atom stereocenters. The molecule has 19 heavy (non-hydrogen) atoms. The van der Waals surface area contributed by atoms with Crippen LogP contribution in [0.1, 0.15) is 41.4 Å². The third kappa shape index (κ3) is 3.21. The Hall–Kier alpha value is -1.23. The number of pyridine rings is 1. The Kier molecular flexibility index (Phi) is 4.69. The van der Waals surface area contributed by atoms with Gasteiger partial charge in [-0.05, 0) is 43.6 Å². The second-order valence-corrected chi connectivity index (χ2v) is 5.76. The highest BCUT2D eigenvalue weighted by Gasteiger charge is 2.21. The molecule has 0 radical (unpaired) electrons. The molecule has 1 aliphatic rings. The van der Waals surface area contributed by atoms with E-state index in [-0.39, 0.29) is 6.04 Å². The molecule has 0 bridgehead atoms. The second kappa shape index (κ2) is 6.28. The third-order valence-electron chi connectivity index (χ3n) is 3.48. The number of aromatic nitrogens is 1. The maximum absolute atomic E-state index is 11.4. The molecule has 5 heteroatoms. The SMILES string of the molecule is CCC(CSC)Nc1nc2c(cc1C(=O)O)CCC2. The molecule has 0 aliphatic heterocycles. The Morgan fingerprint density at radius 1 is 1.58 bits per heavy atom.